The highest BCUT2D eigenvalue weighted by Crippen LogP contribution is 2.44. The lowest BCUT2D eigenvalue weighted by Gasteiger charge is -2.30. The van der Waals surface area contributed by atoms with Crippen molar-refractivity contribution >= 4 is 52.2 Å². The Balaban J connectivity index is 1.60. The molecule has 2 N–H and O–H groups in total. The number of hydrogen-bond acceptors (Lipinski definition) is 8. The molecule has 1 aliphatic rings. The number of benzene rings is 2. The molecule has 3 unspecified atom stereocenters. The lowest BCUT2D eigenvalue weighted by atomic mass is 10.1. The van der Waals surface area contributed by atoms with Crippen LogP contribution in [0.4, 0.5) is 5.69 Å². The monoisotopic (exact) mass is 501 g/mol. The van der Waals surface area contributed by atoms with Crippen LogP contribution in [0, 0.1) is 0 Å². The predicted octanol–water partition coefficient (Wildman–Crippen LogP) is 4.59. The number of ether oxygens (including phenoxy) is 1. The van der Waals surface area contributed by atoms with E-state index in [2.05, 4.69) is 15.2 Å². The molecule has 0 aliphatic carbocycles. The van der Waals surface area contributed by atoms with Gasteiger partial charge >= 0.3 is 5.97 Å². The first-order chi connectivity index (χ1) is 16.5. The second-order valence-electron chi connectivity index (χ2n) is 7.71. The molecule has 0 saturated heterocycles. The normalized spacial score (nSPS) is 16.6. The van der Waals surface area contributed by atoms with Gasteiger partial charge < -0.3 is 24.5 Å². The number of carboxylic acid groups (broad SMARTS) is 1. The van der Waals surface area contributed by atoms with E-state index in [1.54, 1.807) is 0 Å². The maximum Gasteiger partial charge on any atom is 0.304 e. The van der Waals surface area contributed by atoms with Crippen LogP contribution in [0.5, 0.6) is 5.75 Å². The summed E-state index contributed by atoms with van der Waals surface area (Å²) in [6.07, 6.45) is 0.00367. The van der Waals surface area contributed by atoms with Gasteiger partial charge in [-0.05, 0) is 38.1 Å². The van der Waals surface area contributed by atoms with Crippen LogP contribution in [0.3, 0.4) is 0 Å². The molecular formula is C24H27N3O5S2. The van der Waals surface area contributed by atoms with Crippen molar-refractivity contribution in [1.82, 2.24) is 10.3 Å². The van der Waals surface area contributed by atoms with Gasteiger partial charge in [-0.15, -0.1) is 0 Å². The van der Waals surface area contributed by atoms with Crippen LogP contribution >= 0.6 is 23.5 Å². The largest absolute Gasteiger partial charge is 0.481 e. The lowest BCUT2D eigenvalue weighted by molar-refractivity contribution is -0.137. The molecule has 0 radical (unpaired) electrons. The molecule has 4 rings (SSSR count). The average molecular weight is 502 g/mol. The molecule has 3 aromatic rings. The Morgan fingerprint density at radius 3 is 2.62 bits per heavy atom. The minimum atomic E-state index is -0.935. The number of fused-ring (bicyclic) bond motifs is 2. The van der Waals surface area contributed by atoms with Crippen molar-refractivity contribution < 1.29 is 23.8 Å². The van der Waals surface area contributed by atoms with Crippen molar-refractivity contribution in [1.29, 1.82) is 0 Å². The number of carboxylic acids is 1. The first-order valence-electron chi connectivity index (χ1n) is 11.2. The molecule has 1 aromatic heterocycles. The van der Waals surface area contributed by atoms with Crippen LogP contribution in [0.1, 0.15) is 26.7 Å². The summed E-state index contributed by atoms with van der Waals surface area (Å²) >= 11 is 2.71. The summed E-state index contributed by atoms with van der Waals surface area (Å²) in [7, 11) is 0. The first-order valence-corrected chi connectivity index (χ1v) is 13.0. The maximum absolute atomic E-state index is 12.6. The number of carbonyl (C=O) groups excluding carboxylic acids is 1. The number of aromatic nitrogens is 1. The minimum absolute atomic E-state index is 0.129. The molecule has 2 aromatic carbocycles. The molecule has 180 valence electrons. The van der Waals surface area contributed by atoms with Gasteiger partial charge in [0.15, 0.2) is 5.58 Å². The number of para-hydroxylation sites is 4. The summed E-state index contributed by atoms with van der Waals surface area (Å²) in [5, 5.41) is 12.1. The van der Waals surface area contributed by atoms with Crippen molar-refractivity contribution in [2.24, 2.45) is 0 Å². The smallest absolute Gasteiger partial charge is 0.304 e. The molecule has 8 nitrogen and oxygen atoms in total. The molecular weight excluding hydrogens is 474 g/mol. The average Bonchev–Trinajstić information content (AvgIpc) is 3.38. The fourth-order valence-corrected chi connectivity index (χ4v) is 6.59. The highest BCUT2D eigenvalue weighted by molar-refractivity contribution is 8.04. The molecule has 0 spiro atoms. The molecule has 1 aliphatic heterocycles. The highest BCUT2D eigenvalue weighted by atomic mass is 32.2. The lowest BCUT2D eigenvalue weighted by Crippen LogP contribution is -2.38. The summed E-state index contributed by atoms with van der Waals surface area (Å²) < 4.78 is 12.1. The molecule has 1 amide bonds. The Labute approximate surface area is 206 Å². The van der Waals surface area contributed by atoms with Gasteiger partial charge in [-0.1, -0.05) is 47.8 Å². The number of hydrogen-bond donors (Lipinski definition) is 2. The SMILES string of the molecule is CCNC(=O)CC(Sc1nc2ccccc2o1)C(CC(=O)O)SC1Oc2ccccc2N1CC. The van der Waals surface area contributed by atoms with Gasteiger partial charge in [0.25, 0.3) is 5.22 Å². The Kier molecular flexibility index (Phi) is 7.89. The molecule has 34 heavy (non-hydrogen) atoms. The van der Waals surface area contributed by atoms with E-state index in [1.807, 2.05) is 62.4 Å². The van der Waals surface area contributed by atoms with Crippen LogP contribution in [-0.4, -0.2) is 51.1 Å². The maximum atomic E-state index is 12.6. The third-order valence-electron chi connectivity index (χ3n) is 5.37. The van der Waals surface area contributed by atoms with E-state index in [0.29, 0.717) is 23.9 Å². The number of anilines is 1. The molecule has 3 atom stereocenters. The summed E-state index contributed by atoms with van der Waals surface area (Å²) in [6.45, 7) is 5.09. The second-order valence-corrected chi connectivity index (χ2v) is 10.2. The molecule has 0 fully saturated rings. The molecule has 0 saturated carbocycles. The molecule has 0 bridgehead atoms. The van der Waals surface area contributed by atoms with E-state index in [1.165, 1.54) is 23.5 Å². The number of aliphatic carboxylic acids is 1. The van der Waals surface area contributed by atoms with Crippen LogP contribution in [-0.2, 0) is 9.59 Å². The summed E-state index contributed by atoms with van der Waals surface area (Å²) in [5.41, 5.74) is 1.95. The van der Waals surface area contributed by atoms with Gasteiger partial charge in [-0.25, -0.2) is 4.98 Å². The van der Waals surface area contributed by atoms with Crippen LogP contribution in [0.15, 0.2) is 58.2 Å². The van der Waals surface area contributed by atoms with Crippen LogP contribution < -0.4 is 15.0 Å². The van der Waals surface area contributed by atoms with E-state index in [4.69, 9.17) is 9.15 Å². The Bertz CT molecular complexity index is 1120. The Morgan fingerprint density at radius 2 is 1.88 bits per heavy atom. The molecule has 2 heterocycles. The molecule has 10 heteroatoms. The van der Waals surface area contributed by atoms with Crippen LogP contribution in [0.25, 0.3) is 11.1 Å². The number of amides is 1. The fourth-order valence-electron chi connectivity index (χ4n) is 3.82. The third-order valence-corrected chi connectivity index (χ3v) is 8.14. The third kappa shape index (κ3) is 5.61. The van der Waals surface area contributed by atoms with E-state index in [9.17, 15) is 14.7 Å². The summed E-state index contributed by atoms with van der Waals surface area (Å²) in [4.78, 5) is 31.0. The van der Waals surface area contributed by atoms with Crippen LogP contribution in [0.2, 0.25) is 0 Å². The Hall–Kier alpha value is -2.85. The minimum Gasteiger partial charge on any atom is -0.481 e. The zero-order valence-electron chi connectivity index (χ0n) is 19.0. The number of nitrogens with one attached hydrogen (secondary N) is 1. The van der Waals surface area contributed by atoms with E-state index < -0.39 is 22.0 Å². The number of nitrogens with zero attached hydrogens (tertiary/aromatic N) is 2. The predicted molar refractivity (Wildman–Crippen MR) is 134 cm³/mol. The standard InChI is InChI=1S/C24H27N3O5S2/c1-3-25-21(28)13-19(33-23-26-15-9-5-7-11-17(15)31-23)20(14-22(29)30)34-24-27(4-2)16-10-6-8-12-18(16)32-24/h5-12,19-20,24H,3-4,13-14H2,1-2H3,(H,25,28)(H,29,30). The quantitative estimate of drug-likeness (QED) is 0.365. The van der Waals surface area contributed by atoms with Gasteiger partial charge in [0.1, 0.15) is 11.3 Å². The van der Waals surface area contributed by atoms with Crippen molar-refractivity contribution in [3.63, 3.8) is 0 Å². The number of rotatable bonds is 11. The number of thioether (sulfide) groups is 2. The number of carbonyl (C=O) groups is 2. The van der Waals surface area contributed by atoms with Crippen molar-refractivity contribution in [2.45, 2.75) is 48.0 Å². The van der Waals surface area contributed by atoms with Gasteiger partial charge in [-0.3, -0.25) is 9.59 Å². The summed E-state index contributed by atoms with van der Waals surface area (Å²) in [5.74, 6) is -0.312. The van der Waals surface area contributed by atoms with E-state index >= 15 is 0 Å². The fraction of sp³-hybridized carbons (Fsp3) is 0.375. The van der Waals surface area contributed by atoms with Crippen molar-refractivity contribution in [2.75, 3.05) is 18.0 Å². The van der Waals surface area contributed by atoms with Gasteiger partial charge in [0.2, 0.25) is 11.5 Å². The topological polar surface area (TPSA) is 105 Å². The zero-order valence-corrected chi connectivity index (χ0v) is 20.6. The summed E-state index contributed by atoms with van der Waals surface area (Å²) in [6, 6.07) is 15.2. The zero-order chi connectivity index (χ0) is 24.1. The van der Waals surface area contributed by atoms with Crippen molar-refractivity contribution in [3.05, 3.63) is 48.5 Å². The highest BCUT2D eigenvalue weighted by Gasteiger charge is 2.37. The van der Waals surface area contributed by atoms with Crippen molar-refractivity contribution in [3.8, 4) is 5.75 Å². The second kappa shape index (κ2) is 11.1. The van der Waals surface area contributed by atoms with Gasteiger partial charge in [-0.2, -0.15) is 0 Å². The first kappa shape index (κ1) is 24.3. The van der Waals surface area contributed by atoms with E-state index in [-0.39, 0.29) is 18.7 Å². The Morgan fingerprint density at radius 1 is 1.12 bits per heavy atom. The van der Waals surface area contributed by atoms with E-state index in [0.717, 1.165) is 17.0 Å². The van der Waals surface area contributed by atoms with Gasteiger partial charge in [0, 0.05) is 30.0 Å². The number of oxazole rings is 1. The van der Waals surface area contributed by atoms with Gasteiger partial charge in [0.05, 0.1) is 12.1 Å².